The maximum absolute atomic E-state index is 12.8. The summed E-state index contributed by atoms with van der Waals surface area (Å²) in [5.74, 6) is 0.471. The lowest BCUT2D eigenvalue weighted by atomic mass is 10.0. The highest BCUT2D eigenvalue weighted by molar-refractivity contribution is 7.89. The zero-order chi connectivity index (χ0) is 20.9. The zero-order valence-electron chi connectivity index (χ0n) is 17.0. The maximum atomic E-state index is 12.8. The molecule has 1 amide bonds. The molecule has 0 heterocycles. The molecule has 2 aromatic carbocycles. The van der Waals surface area contributed by atoms with Crippen LogP contribution >= 0.6 is 0 Å². The second kappa shape index (κ2) is 9.21. The van der Waals surface area contributed by atoms with Crippen molar-refractivity contribution in [3.8, 4) is 5.75 Å². The molecule has 0 bridgehead atoms. The van der Waals surface area contributed by atoms with Crippen LogP contribution in [0.2, 0.25) is 0 Å². The van der Waals surface area contributed by atoms with Crippen molar-refractivity contribution in [2.45, 2.75) is 45.9 Å². The molecule has 0 saturated heterocycles. The minimum absolute atomic E-state index is 0.150. The van der Waals surface area contributed by atoms with Crippen molar-refractivity contribution >= 4 is 21.6 Å². The molecule has 2 rings (SSSR count). The molecule has 0 aliphatic carbocycles. The van der Waals surface area contributed by atoms with Gasteiger partial charge in [-0.1, -0.05) is 12.1 Å². The number of anilines is 1. The largest absolute Gasteiger partial charge is 0.493 e. The van der Waals surface area contributed by atoms with Crippen molar-refractivity contribution in [3.63, 3.8) is 0 Å². The number of nitrogens with one attached hydrogen (secondary N) is 2. The number of amides is 1. The third-order valence-electron chi connectivity index (χ3n) is 4.60. The molecule has 6 nitrogen and oxygen atoms in total. The number of sulfonamides is 1. The van der Waals surface area contributed by atoms with Crippen molar-refractivity contribution in [2.24, 2.45) is 0 Å². The normalized spacial score (nSPS) is 11.3. The van der Waals surface area contributed by atoms with E-state index < -0.39 is 10.0 Å². The van der Waals surface area contributed by atoms with Gasteiger partial charge in [-0.05, 0) is 68.5 Å². The Kier molecular flexibility index (Phi) is 7.21. The van der Waals surface area contributed by atoms with E-state index in [-0.39, 0.29) is 12.5 Å². The fourth-order valence-electron chi connectivity index (χ4n) is 2.99. The van der Waals surface area contributed by atoms with E-state index >= 15 is 0 Å². The first-order chi connectivity index (χ1) is 13.1. The van der Waals surface area contributed by atoms with Gasteiger partial charge in [-0.15, -0.1) is 0 Å². The maximum Gasteiger partial charge on any atom is 0.241 e. The summed E-state index contributed by atoms with van der Waals surface area (Å²) >= 11 is 0. The molecular formula is C21H28N2O4S. The van der Waals surface area contributed by atoms with Gasteiger partial charge in [-0.25, -0.2) is 13.1 Å². The van der Waals surface area contributed by atoms with E-state index in [1.807, 2.05) is 33.8 Å². The number of benzene rings is 2. The van der Waals surface area contributed by atoms with Gasteiger partial charge in [0.15, 0.2) is 0 Å². The second-order valence-corrected chi connectivity index (χ2v) is 8.60. The average Bonchev–Trinajstić information content (AvgIpc) is 2.59. The van der Waals surface area contributed by atoms with Crippen LogP contribution in [0.5, 0.6) is 5.75 Å². The summed E-state index contributed by atoms with van der Waals surface area (Å²) in [6.45, 7) is 9.59. The molecule has 0 atom stereocenters. The molecule has 0 aliphatic heterocycles. The summed E-state index contributed by atoms with van der Waals surface area (Å²) in [6.07, 6.45) is 0.520. The van der Waals surface area contributed by atoms with Crippen molar-refractivity contribution in [2.75, 3.05) is 18.5 Å². The van der Waals surface area contributed by atoms with Crippen molar-refractivity contribution in [3.05, 3.63) is 52.6 Å². The third kappa shape index (κ3) is 5.56. The Morgan fingerprint density at radius 3 is 2.29 bits per heavy atom. The molecule has 0 radical (unpaired) electrons. The second-order valence-electron chi connectivity index (χ2n) is 6.90. The van der Waals surface area contributed by atoms with Gasteiger partial charge >= 0.3 is 0 Å². The monoisotopic (exact) mass is 404 g/mol. The lowest BCUT2D eigenvalue weighted by Gasteiger charge is -2.16. The quantitative estimate of drug-likeness (QED) is 0.658. The molecule has 0 saturated carbocycles. The number of rotatable bonds is 8. The Balaban J connectivity index is 1.93. The van der Waals surface area contributed by atoms with E-state index in [0.29, 0.717) is 29.4 Å². The van der Waals surface area contributed by atoms with E-state index in [1.165, 1.54) is 6.92 Å². The number of hydrogen-bond acceptors (Lipinski definition) is 4. The molecule has 0 aromatic heterocycles. The minimum atomic E-state index is -3.58. The van der Waals surface area contributed by atoms with Gasteiger partial charge < -0.3 is 10.1 Å². The van der Waals surface area contributed by atoms with Crippen molar-refractivity contribution in [1.82, 2.24) is 4.72 Å². The number of carbonyl (C=O) groups excluding carboxylic acids is 1. The Morgan fingerprint density at radius 1 is 1.04 bits per heavy atom. The minimum Gasteiger partial charge on any atom is -0.493 e. The van der Waals surface area contributed by atoms with Crippen LogP contribution in [-0.4, -0.2) is 27.5 Å². The summed E-state index contributed by atoms with van der Waals surface area (Å²) < 4.78 is 33.9. The predicted octanol–water partition coefficient (Wildman–Crippen LogP) is 3.63. The van der Waals surface area contributed by atoms with Crippen LogP contribution < -0.4 is 14.8 Å². The Morgan fingerprint density at radius 2 is 1.68 bits per heavy atom. The summed E-state index contributed by atoms with van der Waals surface area (Å²) in [5.41, 5.74) is 4.14. The molecule has 0 spiro atoms. The van der Waals surface area contributed by atoms with Gasteiger partial charge in [0.1, 0.15) is 5.75 Å². The predicted molar refractivity (Wildman–Crippen MR) is 111 cm³/mol. The van der Waals surface area contributed by atoms with Gasteiger partial charge in [0.2, 0.25) is 15.9 Å². The van der Waals surface area contributed by atoms with Crippen LogP contribution in [0, 0.1) is 27.7 Å². The van der Waals surface area contributed by atoms with Crippen molar-refractivity contribution in [1.29, 1.82) is 0 Å². The first-order valence-corrected chi connectivity index (χ1v) is 10.7. The van der Waals surface area contributed by atoms with Crippen LogP contribution in [0.3, 0.4) is 0 Å². The van der Waals surface area contributed by atoms with Crippen LogP contribution in [0.15, 0.2) is 35.2 Å². The summed E-state index contributed by atoms with van der Waals surface area (Å²) in [6, 6.07) is 9.09. The number of hydrogen-bond donors (Lipinski definition) is 2. The van der Waals surface area contributed by atoms with E-state index in [2.05, 4.69) is 10.0 Å². The molecule has 7 heteroatoms. The lowest BCUT2D eigenvalue weighted by Crippen LogP contribution is -2.27. The smallest absolute Gasteiger partial charge is 0.241 e. The summed E-state index contributed by atoms with van der Waals surface area (Å²) in [4.78, 5) is 11.5. The average molecular weight is 405 g/mol. The van der Waals surface area contributed by atoms with E-state index in [0.717, 1.165) is 22.3 Å². The molecule has 0 unspecified atom stereocenters. The van der Waals surface area contributed by atoms with Gasteiger partial charge in [-0.3, -0.25) is 4.79 Å². The van der Waals surface area contributed by atoms with Crippen LogP contribution in [0.25, 0.3) is 0 Å². The summed E-state index contributed by atoms with van der Waals surface area (Å²) in [5, 5.41) is 2.69. The van der Waals surface area contributed by atoms with E-state index in [1.54, 1.807) is 24.3 Å². The third-order valence-corrected chi connectivity index (χ3v) is 6.34. The lowest BCUT2D eigenvalue weighted by molar-refractivity contribution is -0.114. The van der Waals surface area contributed by atoms with Crippen LogP contribution in [-0.2, 0) is 14.8 Å². The van der Waals surface area contributed by atoms with Gasteiger partial charge in [-0.2, -0.15) is 0 Å². The van der Waals surface area contributed by atoms with E-state index in [4.69, 9.17) is 4.74 Å². The fourth-order valence-corrected chi connectivity index (χ4v) is 4.68. The SMILES string of the molecule is CC(=O)Nc1cccc(OCCCNS(=O)(=O)c2c(C)c(C)cc(C)c2C)c1. The van der Waals surface area contributed by atoms with Gasteiger partial charge in [0.05, 0.1) is 11.5 Å². The zero-order valence-corrected chi connectivity index (χ0v) is 17.9. The van der Waals surface area contributed by atoms with Gasteiger partial charge in [0, 0.05) is 25.2 Å². The van der Waals surface area contributed by atoms with Crippen LogP contribution in [0.4, 0.5) is 5.69 Å². The molecule has 0 fully saturated rings. The molecule has 152 valence electrons. The first kappa shape index (κ1) is 21.9. The highest BCUT2D eigenvalue weighted by Gasteiger charge is 2.21. The van der Waals surface area contributed by atoms with Gasteiger partial charge in [0.25, 0.3) is 0 Å². The fraction of sp³-hybridized carbons (Fsp3) is 0.381. The Bertz CT molecular complexity index is 942. The molecule has 28 heavy (non-hydrogen) atoms. The standard InChI is InChI=1S/C21H28N2O4S/c1-14-12-15(2)17(4)21(16(14)3)28(25,26)22-10-7-11-27-20-9-6-8-19(13-20)23-18(5)24/h6,8-9,12-13,22H,7,10-11H2,1-5H3,(H,23,24). The number of ether oxygens (including phenoxy) is 1. The number of aryl methyl sites for hydroxylation is 2. The molecule has 2 N–H and O–H groups in total. The molecule has 0 aliphatic rings. The van der Waals surface area contributed by atoms with Crippen molar-refractivity contribution < 1.29 is 17.9 Å². The molecule has 2 aromatic rings. The molecular weight excluding hydrogens is 376 g/mol. The topological polar surface area (TPSA) is 84.5 Å². The van der Waals surface area contributed by atoms with Crippen LogP contribution in [0.1, 0.15) is 35.6 Å². The highest BCUT2D eigenvalue weighted by Crippen LogP contribution is 2.25. The Hall–Kier alpha value is -2.38. The first-order valence-electron chi connectivity index (χ1n) is 9.19. The highest BCUT2D eigenvalue weighted by atomic mass is 32.2. The van der Waals surface area contributed by atoms with E-state index in [9.17, 15) is 13.2 Å². The Labute approximate surface area is 167 Å². The number of carbonyl (C=O) groups is 1. The summed E-state index contributed by atoms with van der Waals surface area (Å²) in [7, 11) is -3.58.